The van der Waals surface area contributed by atoms with Crippen LogP contribution in [0.4, 0.5) is 0 Å². The molecule has 24 heavy (non-hydrogen) atoms. The number of aliphatic hydroxyl groups is 1. The number of likely N-dealkylation sites (tertiary alicyclic amines) is 1. The second kappa shape index (κ2) is 4.02. The Bertz CT molecular complexity index is 816. The zero-order chi connectivity index (χ0) is 16.9. The summed E-state index contributed by atoms with van der Waals surface area (Å²) in [4.78, 5) is 12.6. The molecule has 126 valence electrons. The van der Waals surface area contributed by atoms with E-state index in [0.29, 0.717) is 30.9 Å². The van der Waals surface area contributed by atoms with Crippen LogP contribution in [0.5, 0.6) is 11.5 Å². The molecule has 4 aliphatic rings. The molecule has 5 atom stereocenters. The van der Waals surface area contributed by atoms with Gasteiger partial charge in [-0.3, -0.25) is 4.79 Å². The lowest BCUT2D eigenvalue weighted by Crippen LogP contribution is -2.78. The largest absolute Gasteiger partial charge is 0.493 e. The van der Waals surface area contributed by atoms with Gasteiger partial charge in [0, 0.05) is 18.4 Å². The number of carbonyl (C=O) groups excluding carboxylic acids is 1. The lowest BCUT2D eigenvalue weighted by Gasteiger charge is -2.59. The van der Waals surface area contributed by atoms with Gasteiger partial charge in [0.05, 0.1) is 19.6 Å². The molecule has 1 unspecified atom stereocenters. The summed E-state index contributed by atoms with van der Waals surface area (Å²) in [7, 11) is 3.29. The maximum atomic E-state index is 12.6. The summed E-state index contributed by atoms with van der Waals surface area (Å²) in [5.41, 5.74) is -0.258. The first-order chi connectivity index (χ1) is 11.3. The minimum Gasteiger partial charge on any atom is -0.493 e. The van der Waals surface area contributed by atoms with E-state index in [1.807, 2.05) is 12.1 Å². The molecular formula is C18H20NO5+. The van der Waals surface area contributed by atoms with Crippen LogP contribution in [-0.2, 0) is 16.6 Å². The van der Waals surface area contributed by atoms with Crippen LogP contribution in [0.25, 0.3) is 0 Å². The van der Waals surface area contributed by atoms with Crippen molar-refractivity contribution >= 4 is 5.78 Å². The quantitative estimate of drug-likeness (QED) is 0.743. The van der Waals surface area contributed by atoms with E-state index in [0.717, 1.165) is 11.1 Å². The van der Waals surface area contributed by atoms with E-state index in [4.69, 9.17) is 9.47 Å². The highest BCUT2D eigenvalue weighted by Crippen LogP contribution is 2.64. The highest BCUT2D eigenvalue weighted by Gasteiger charge is 2.75. The monoisotopic (exact) mass is 330 g/mol. The number of piperidine rings is 1. The standard InChI is InChI=1S/C18H20NO5/c1-19(22)8-7-17-14-10-3-4-12(23-2)15(14)24-16(17)11(20)5-6-18(17,21)13(19)9-10/h3-6,13,16,21-22H,7-9H2,1-2H3/q+1/t13-,16+,17+,18-,19?/m1/s1. The van der Waals surface area contributed by atoms with E-state index >= 15 is 0 Å². The van der Waals surface area contributed by atoms with Crippen LogP contribution >= 0.6 is 0 Å². The van der Waals surface area contributed by atoms with Gasteiger partial charge in [0.2, 0.25) is 0 Å². The van der Waals surface area contributed by atoms with Gasteiger partial charge in [-0.2, -0.15) is 4.65 Å². The predicted molar refractivity (Wildman–Crippen MR) is 83.1 cm³/mol. The molecule has 0 amide bonds. The summed E-state index contributed by atoms with van der Waals surface area (Å²) < 4.78 is 11.2. The number of likely N-dealkylation sites (N-methyl/N-ethyl adjacent to an activating group) is 1. The average molecular weight is 330 g/mol. The number of nitrogens with zero attached hydrogens (tertiary/aromatic N) is 1. The summed E-state index contributed by atoms with van der Waals surface area (Å²) in [6.07, 6.45) is 3.22. The zero-order valence-corrected chi connectivity index (χ0v) is 13.7. The number of carbonyl (C=O) groups is 1. The molecule has 1 aromatic carbocycles. The zero-order valence-electron chi connectivity index (χ0n) is 13.7. The molecule has 1 spiro atoms. The van der Waals surface area contributed by atoms with Crippen molar-refractivity contribution in [2.75, 3.05) is 20.7 Å². The van der Waals surface area contributed by atoms with Gasteiger partial charge in [0.15, 0.2) is 35.0 Å². The number of quaternary nitrogens is 1. The summed E-state index contributed by atoms with van der Waals surface area (Å²) >= 11 is 0. The van der Waals surface area contributed by atoms with Crippen LogP contribution in [0, 0.1) is 0 Å². The average Bonchev–Trinajstić information content (AvgIpc) is 2.90. The number of benzene rings is 1. The fourth-order valence-corrected chi connectivity index (χ4v) is 5.46. The van der Waals surface area contributed by atoms with E-state index < -0.39 is 23.2 Å². The van der Waals surface area contributed by atoms with Crippen molar-refractivity contribution in [1.29, 1.82) is 0 Å². The maximum absolute atomic E-state index is 12.6. The number of hydroxylamine groups is 3. The third kappa shape index (κ3) is 1.30. The van der Waals surface area contributed by atoms with Gasteiger partial charge >= 0.3 is 0 Å². The van der Waals surface area contributed by atoms with Crippen LogP contribution < -0.4 is 9.47 Å². The number of rotatable bonds is 1. The highest BCUT2D eigenvalue weighted by atomic mass is 16.6. The Balaban J connectivity index is 1.89. The van der Waals surface area contributed by atoms with Crippen molar-refractivity contribution in [2.45, 2.75) is 36.0 Å². The normalized spacial score (nSPS) is 44.1. The first kappa shape index (κ1) is 14.5. The molecule has 2 heterocycles. The fraction of sp³-hybridized carbons (Fsp3) is 0.500. The second-order valence-corrected chi connectivity index (χ2v) is 7.57. The van der Waals surface area contributed by atoms with Gasteiger partial charge in [-0.1, -0.05) is 6.07 Å². The van der Waals surface area contributed by atoms with Crippen molar-refractivity contribution < 1.29 is 29.2 Å². The molecule has 1 fully saturated rings. The third-order valence-corrected chi connectivity index (χ3v) is 6.58. The molecule has 1 aromatic rings. The van der Waals surface area contributed by atoms with Crippen LogP contribution in [0.15, 0.2) is 24.3 Å². The molecule has 5 rings (SSSR count). The van der Waals surface area contributed by atoms with Crippen molar-refractivity contribution in [1.82, 2.24) is 0 Å². The van der Waals surface area contributed by atoms with Crippen LogP contribution in [-0.4, -0.2) is 59.2 Å². The molecule has 0 aromatic heterocycles. The Morgan fingerprint density at radius 3 is 2.96 bits per heavy atom. The molecule has 2 bridgehead atoms. The van der Waals surface area contributed by atoms with Gasteiger partial charge < -0.3 is 14.6 Å². The summed E-state index contributed by atoms with van der Waals surface area (Å²) in [5, 5.41) is 22.6. The smallest absolute Gasteiger partial charge is 0.197 e. The predicted octanol–water partition coefficient (Wildman–Crippen LogP) is 0.728. The lowest BCUT2D eigenvalue weighted by atomic mass is 9.50. The molecule has 0 saturated carbocycles. The van der Waals surface area contributed by atoms with E-state index in [-0.39, 0.29) is 10.4 Å². The minimum absolute atomic E-state index is 0.140. The fourth-order valence-electron chi connectivity index (χ4n) is 5.46. The summed E-state index contributed by atoms with van der Waals surface area (Å²) in [5.74, 6) is 1.01. The van der Waals surface area contributed by atoms with E-state index in [1.54, 1.807) is 20.2 Å². The number of ether oxygens (including phenoxy) is 2. The number of hydrogen-bond donors (Lipinski definition) is 2. The van der Waals surface area contributed by atoms with E-state index in [1.165, 1.54) is 6.08 Å². The molecule has 2 aliphatic carbocycles. The van der Waals surface area contributed by atoms with E-state index in [9.17, 15) is 15.1 Å². The molecule has 2 aliphatic heterocycles. The minimum atomic E-state index is -1.32. The van der Waals surface area contributed by atoms with Gasteiger partial charge in [-0.05, 0) is 23.8 Å². The Morgan fingerprint density at radius 2 is 2.21 bits per heavy atom. The Morgan fingerprint density at radius 1 is 1.42 bits per heavy atom. The first-order valence-corrected chi connectivity index (χ1v) is 8.25. The van der Waals surface area contributed by atoms with Crippen molar-refractivity contribution in [2.24, 2.45) is 0 Å². The number of ketones is 1. The molecular weight excluding hydrogens is 310 g/mol. The second-order valence-electron chi connectivity index (χ2n) is 7.57. The lowest BCUT2D eigenvalue weighted by molar-refractivity contribution is -1.11. The van der Waals surface area contributed by atoms with Crippen LogP contribution in [0.3, 0.4) is 0 Å². The highest BCUT2D eigenvalue weighted by molar-refractivity contribution is 5.99. The molecule has 6 heteroatoms. The summed E-state index contributed by atoms with van der Waals surface area (Å²) in [6, 6.07) is 3.36. The topological polar surface area (TPSA) is 76.0 Å². The molecule has 6 nitrogen and oxygen atoms in total. The SMILES string of the molecule is COc1ccc2c3c1O[C@H]1C(=O)C=C[C@@]4(O)[C@@H](C2)[N+](C)(O)CC[C@]314. The van der Waals surface area contributed by atoms with Crippen molar-refractivity contribution in [3.63, 3.8) is 0 Å². The van der Waals surface area contributed by atoms with Gasteiger partial charge in [0.25, 0.3) is 0 Å². The van der Waals surface area contributed by atoms with Crippen LogP contribution in [0.1, 0.15) is 17.5 Å². The van der Waals surface area contributed by atoms with E-state index in [2.05, 4.69) is 0 Å². The number of methoxy groups -OCH3 is 1. The van der Waals surface area contributed by atoms with Crippen LogP contribution in [0.2, 0.25) is 0 Å². The Kier molecular flexibility index (Phi) is 2.42. The van der Waals surface area contributed by atoms with Gasteiger partial charge in [-0.25, -0.2) is 5.21 Å². The molecule has 1 saturated heterocycles. The van der Waals surface area contributed by atoms with Gasteiger partial charge in [0.1, 0.15) is 6.54 Å². The maximum Gasteiger partial charge on any atom is 0.197 e. The van der Waals surface area contributed by atoms with Crippen molar-refractivity contribution in [3.05, 3.63) is 35.4 Å². The first-order valence-electron chi connectivity index (χ1n) is 8.25. The van der Waals surface area contributed by atoms with Gasteiger partial charge in [-0.15, -0.1) is 0 Å². The summed E-state index contributed by atoms with van der Waals surface area (Å²) in [6.45, 7) is 0.462. The Labute approximate surface area is 139 Å². The van der Waals surface area contributed by atoms with Crippen molar-refractivity contribution in [3.8, 4) is 11.5 Å². The third-order valence-electron chi connectivity index (χ3n) is 6.58. The molecule has 0 radical (unpaired) electrons. The Hall–Kier alpha value is -1.89. The molecule has 2 N–H and O–H groups in total. The number of hydrogen-bond acceptors (Lipinski definition) is 5.